The molecule has 1 saturated heterocycles. The predicted molar refractivity (Wildman–Crippen MR) is 118 cm³/mol. The van der Waals surface area contributed by atoms with Crippen molar-refractivity contribution in [2.45, 2.75) is 49.9 Å². The molecule has 1 aromatic carbocycles. The molecule has 0 radical (unpaired) electrons. The summed E-state index contributed by atoms with van der Waals surface area (Å²) in [7, 11) is 1.71. The van der Waals surface area contributed by atoms with Gasteiger partial charge in [0.25, 0.3) is 0 Å². The monoisotopic (exact) mass is 484 g/mol. The molecule has 0 aliphatic carbocycles. The topological polar surface area (TPSA) is 78.9 Å². The highest BCUT2D eigenvalue weighted by molar-refractivity contribution is 7.09. The second-order valence-corrected chi connectivity index (χ2v) is 9.29. The maximum atomic E-state index is 12.0. The van der Waals surface area contributed by atoms with Crippen LogP contribution >= 0.6 is 11.3 Å². The molecule has 180 valence electrons. The molecule has 1 unspecified atom stereocenters. The number of hydrogen-bond acceptors (Lipinski definition) is 5. The standard InChI is InChI=1S/C21H26N2O2S.C2HF3O2/c1-22-20(24)13-16-14-21(25-19-7-3-2-6-18(16)19)8-10-23(11-9-21)15-17-5-4-12-26-17;3-2(4,5)1(6)7/h2-7,12,16H,8-11,13-15H2,1H3,(H,22,24);(H,6,7). The lowest BCUT2D eigenvalue weighted by molar-refractivity contribution is -0.192. The fraction of sp³-hybridized carbons (Fsp3) is 0.478. The van der Waals surface area contributed by atoms with Gasteiger partial charge in [0.15, 0.2) is 0 Å². The van der Waals surface area contributed by atoms with Gasteiger partial charge in [-0.05, 0) is 42.3 Å². The molecular formula is C23H27F3N2O4S. The number of halogens is 3. The highest BCUT2D eigenvalue weighted by atomic mass is 32.1. The second-order valence-electron chi connectivity index (χ2n) is 8.26. The number of piperidine rings is 1. The Balaban J connectivity index is 0.000000383. The van der Waals surface area contributed by atoms with E-state index in [9.17, 15) is 18.0 Å². The number of aliphatic carboxylic acids is 1. The van der Waals surface area contributed by atoms with Crippen LogP contribution in [0.5, 0.6) is 5.75 Å². The van der Waals surface area contributed by atoms with Gasteiger partial charge in [0.1, 0.15) is 11.4 Å². The number of rotatable bonds is 4. The number of thiophene rings is 1. The third kappa shape index (κ3) is 6.70. The first-order valence-corrected chi connectivity index (χ1v) is 11.5. The van der Waals surface area contributed by atoms with E-state index in [0.717, 1.165) is 44.6 Å². The van der Waals surface area contributed by atoms with Crippen LogP contribution in [0.25, 0.3) is 0 Å². The average Bonchev–Trinajstić information content (AvgIpc) is 3.28. The van der Waals surface area contributed by atoms with Gasteiger partial charge in [-0.3, -0.25) is 9.69 Å². The molecule has 2 aliphatic heterocycles. The molecule has 0 bridgehead atoms. The summed E-state index contributed by atoms with van der Waals surface area (Å²) in [6, 6.07) is 12.6. The van der Waals surface area contributed by atoms with Crippen LogP contribution in [0.4, 0.5) is 13.2 Å². The van der Waals surface area contributed by atoms with Crippen LogP contribution in [0.2, 0.25) is 0 Å². The van der Waals surface area contributed by atoms with E-state index in [1.54, 1.807) is 7.05 Å². The molecular weight excluding hydrogens is 457 g/mol. The second kappa shape index (κ2) is 10.6. The molecule has 10 heteroatoms. The third-order valence-electron chi connectivity index (χ3n) is 5.98. The fourth-order valence-electron chi connectivity index (χ4n) is 4.30. The summed E-state index contributed by atoms with van der Waals surface area (Å²) >= 11 is 1.83. The van der Waals surface area contributed by atoms with E-state index in [1.807, 2.05) is 23.5 Å². The van der Waals surface area contributed by atoms with E-state index in [2.05, 4.69) is 39.9 Å². The number of carbonyl (C=O) groups is 2. The number of para-hydroxylation sites is 1. The van der Waals surface area contributed by atoms with Crippen LogP contribution in [0.1, 0.15) is 42.0 Å². The minimum absolute atomic E-state index is 0.108. The minimum Gasteiger partial charge on any atom is -0.487 e. The number of alkyl halides is 3. The predicted octanol–water partition coefficient (Wildman–Crippen LogP) is 4.42. The van der Waals surface area contributed by atoms with E-state index in [1.165, 1.54) is 10.4 Å². The Morgan fingerprint density at radius 1 is 1.21 bits per heavy atom. The lowest BCUT2D eigenvalue weighted by Crippen LogP contribution is -2.50. The zero-order valence-corrected chi connectivity index (χ0v) is 19.0. The van der Waals surface area contributed by atoms with E-state index in [-0.39, 0.29) is 17.4 Å². The van der Waals surface area contributed by atoms with Crippen LogP contribution in [-0.4, -0.2) is 53.8 Å². The molecule has 33 heavy (non-hydrogen) atoms. The molecule has 1 atom stereocenters. The molecule has 4 rings (SSSR count). The molecule has 1 spiro atoms. The van der Waals surface area contributed by atoms with Gasteiger partial charge in [0, 0.05) is 43.9 Å². The fourth-order valence-corrected chi connectivity index (χ4v) is 5.05. The van der Waals surface area contributed by atoms with Crippen LogP contribution in [-0.2, 0) is 16.1 Å². The highest BCUT2D eigenvalue weighted by Gasteiger charge is 2.43. The van der Waals surface area contributed by atoms with Crippen molar-refractivity contribution in [3.63, 3.8) is 0 Å². The summed E-state index contributed by atoms with van der Waals surface area (Å²) in [5.74, 6) is -1.44. The van der Waals surface area contributed by atoms with Crippen molar-refractivity contribution in [2.75, 3.05) is 20.1 Å². The third-order valence-corrected chi connectivity index (χ3v) is 6.84. The quantitative estimate of drug-likeness (QED) is 0.672. The Kier molecular flexibility index (Phi) is 8.01. The maximum absolute atomic E-state index is 12.0. The Morgan fingerprint density at radius 3 is 2.45 bits per heavy atom. The van der Waals surface area contributed by atoms with Crippen LogP contribution < -0.4 is 10.1 Å². The molecule has 1 fully saturated rings. The lowest BCUT2D eigenvalue weighted by Gasteiger charge is -2.47. The van der Waals surface area contributed by atoms with E-state index in [0.29, 0.717) is 6.42 Å². The maximum Gasteiger partial charge on any atom is 0.490 e. The lowest BCUT2D eigenvalue weighted by atomic mass is 9.76. The SMILES string of the molecule is CNC(=O)CC1CC2(CCN(Cc3cccs3)CC2)Oc2ccccc21.O=C(O)C(F)(F)F. The minimum atomic E-state index is -5.08. The van der Waals surface area contributed by atoms with Crippen molar-refractivity contribution in [1.29, 1.82) is 0 Å². The summed E-state index contributed by atoms with van der Waals surface area (Å²) in [4.78, 5) is 24.9. The average molecular weight is 485 g/mol. The number of ether oxygens (including phenoxy) is 1. The first-order valence-electron chi connectivity index (χ1n) is 10.7. The van der Waals surface area contributed by atoms with Gasteiger partial charge >= 0.3 is 12.1 Å². The van der Waals surface area contributed by atoms with Crippen molar-refractivity contribution in [3.8, 4) is 5.75 Å². The van der Waals surface area contributed by atoms with Crippen molar-refractivity contribution in [2.24, 2.45) is 0 Å². The van der Waals surface area contributed by atoms with Crippen molar-refractivity contribution in [1.82, 2.24) is 10.2 Å². The molecule has 2 N–H and O–H groups in total. The first-order chi connectivity index (χ1) is 15.6. The molecule has 2 aliphatic rings. The van der Waals surface area contributed by atoms with Gasteiger partial charge in [0.05, 0.1) is 0 Å². The van der Waals surface area contributed by atoms with E-state index in [4.69, 9.17) is 14.6 Å². The number of benzene rings is 1. The summed E-state index contributed by atoms with van der Waals surface area (Å²) in [5.41, 5.74) is 1.06. The number of carboxylic acid groups (broad SMARTS) is 1. The number of hydrogen-bond donors (Lipinski definition) is 2. The smallest absolute Gasteiger partial charge is 0.487 e. The molecule has 6 nitrogen and oxygen atoms in total. The highest BCUT2D eigenvalue weighted by Crippen LogP contribution is 2.46. The number of likely N-dealkylation sites (tertiary alicyclic amines) is 1. The number of carbonyl (C=O) groups excluding carboxylic acids is 1. The summed E-state index contributed by atoms with van der Waals surface area (Å²) in [6.45, 7) is 3.13. The Labute approximate surface area is 194 Å². The van der Waals surface area contributed by atoms with Gasteiger partial charge in [-0.25, -0.2) is 4.79 Å². The molecule has 1 aromatic heterocycles. The zero-order chi connectivity index (χ0) is 24.1. The number of fused-ring (bicyclic) bond motifs is 1. The number of carboxylic acids is 1. The van der Waals surface area contributed by atoms with Crippen LogP contribution in [0.3, 0.4) is 0 Å². The number of nitrogens with zero attached hydrogens (tertiary/aromatic N) is 1. The van der Waals surface area contributed by atoms with Gasteiger partial charge in [-0.1, -0.05) is 24.3 Å². The van der Waals surface area contributed by atoms with Gasteiger partial charge in [-0.2, -0.15) is 13.2 Å². The Morgan fingerprint density at radius 2 is 1.88 bits per heavy atom. The van der Waals surface area contributed by atoms with E-state index < -0.39 is 12.1 Å². The van der Waals surface area contributed by atoms with Crippen molar-refractivity contribution < 1.29 is 32.6 Å². The van der Waals surface area contributed by atoms with E-state index >= 15 is 0 Å². The Hall–Kier alpha value is -2.59. The van der Waals surface area contributed by atoms with Crippen LogP contribution in [0.15, 0.2) is 41.8 Å². The first kappa shape index (κ1) is 25.0. The zero-order valence-electron chi connectivity index (χ0n) is 18.2. The normalized spacial score (nSPS) is 19.6. The van der Waals surface area contributed by atoms with Gasteiger partial charge in [-0.15, -0.1) is 11.3 Å². The number of nitrogens with one attached hydrogen (secondary N) is 1. The Bertz CT molecular complexity index is 941. The molecule has 3 heterocycles. The van der Waals surface area contributed by atoms with Crippen molar-refractivity contribution >= 4 is 23.2 Å². The summed E-state index contributed by atoms with van der Waals surface area (Å²) in [5, 5.41) is 12.0. The van der Waals surface area contributed by atoms with Gasteiger partial charge in [0.2, 0.25) is 5.91 Å². The van der Waals surface area contributed by atoms with Crippen LogP contribution in [0, 0.1) is 0 Å². The molecule has 1 amide bonds. The van der Waals surface area contributed by atoms with Crippen molar-refractivity contribution in [3.05, 3.63) is 52.2 Å². The van der Waals surface area contributed by atoms with Gasteiger partial charge < -0.3 is 15.2 Å². The number of amides is 1. The summed E-state index contributed by atoms with van der Waals surface area (Å²) in [6.07, 6.45) is -1.56. The summed E-state index contributed by atoms with van der Waals surface area (Å²) < 4.78 is 38.3. The largest absolute Gasteiger partial charge is 0.490 e. The molecule has 0 saturated carbocycles. The molecule has 2 aromatic rings.